The van der Waals surface area contributed by atoms with E-state index >= 15 is 0 Å². The molecular weight excluding hydrogens is 258 g/mol. The third kappa shape index (κ3) is 4.91. The summed E-state index contributed by atoms with van der Waals surface area (Å²) in [7, 11) is 0. The number of rotatable bonds is 8. The molecule has 2 heteroatoms. The zero-order valence-electron chi connectivity index (χ0n) is 13.0. The van der Waals surface area contributed by atoms with E-state index in [4.69, 9.17) is 4.74 Å². The average Bonchev–Trinajstić information content (AvgIpc) is 2.53. The third-order valence-corrected chi connectivity index (χ3v) is 3.48. The minimum Gasteiger partial charge on any atom is -0.457 e. The molecule has 0 saturated heterocycles. The fourth-order valence-electron chi connectivity index (χ4n) is 2.39. The molecule has 0 radical (unpaired) electrons. The molecule has 0 aromatic heterocycles. The summed E-state index contributed by atoms with van der Waals surface area (Å²) in [6.45, 7) is 5.49. The summed E-state index contributed by atoms with van der Waals surface area (Å²) in [6.07, 6.45) is 3.51. The van der Waals surface area contributed by atoms with Gasteiger partial charge in [0.1, 0.15) is 11.5 Å². The van der Waals surface area contributed by atoms with Crippen molar-refractivity contribution >= 4 is 0 Å². The molecule has 0 bridgehead atoms. The second-order valence-electron chi connectivity index (χ2n) is 5.28. The molecule has 0 fully saturated rings. The zero-order valence-corrected chi connectivity index (χ0v) is 13.0. The van der Waals surface area contributed by atoms with E-state index in [1.165, 1.54) is 18.4 Å². The lowest BCUT2D eigenvalue weighted by atomic mass is 10.0. The van der Waals surface area contributed by atoms with E-state index in [9.17, 15) is 0 Å². The molecule has 0 spiro atoms. The molecule has 21 heavy (non-hydrogen) atoms. The number of para-hydroxylation sites is 1. The van der Waals surface area contributed by atoms with Gasteiger partial charge in [0, 0.05) is 6.04 Å². The average molecular weight is 283 g/mol. The summed E-state index contributed by atoms with van der Waals surface area (Å²) < 4.78 is 5.83. The first-order valence-corrected chi connectivity index (χ1v) is 7.89. The lowest BCUT2D eigenvalue weighted by molar-refractivity contribution is 0.477. The van der Waals surface area contributed by atoms with E-state index in [0.717, 1.165) is 24.5 Å². The van der Waals surface area contributed by atoms with E-state index in [2.05, 4.69) is 43.4 Å². The predicted octanol–water partition coefficient (Wildman–Crippen LogP) is 5.32. The number of ether oxygens (including phenoxy) is 1. The Morgan fingerprint density at radius 3 is 2.14 bits per heavy atom. The molecule has 0 aliphatic carbocycles. The number of benzene rings is 2. The Morgan fingerprint density at radius 2 is 1.52 bits per heavy atom. The van der Waals surface area contributed by atoms with Crippen LogP contribution in [0.5, 0.6) is 11.5 Å². The van der Waals surface area contributed by atoms with Crippen molar-refractivity contribution in [3.63, 3.8) is 0 Å². The number of hydrogen-bond acceptors (Lipinski definition) is 2. The minimum absolute atomic E-state index is 0.445. The topological polar surface area (TPSA) is 21.3 Å². The van der Waals surface area contributed by atoms with Gasteiger partial charge < -0.3 is 10.1 Å². The Kier molecular flexibility index (Phi) is 6.29. The lowest BCUT2D eigenvalue weighted by Crippen LogP contribution is -2.21. The van der Waals surface area contributed by atoms with Gasteiger partial charge in [-0.25, -0.2) is 0 Å². The van der Waals surface area contributed by atoms with Crippen molar-refractivity contribution in [3.05, 3.63) is 60.2 Å². The van der Waals surface area contributed by atoms with Crippen molar-refractivity contribution in [1.29, 1.82) is 0 Å². The van der Waals surface area contributed by atoms with Crippen LogP contribution >= 0.6 is 0 Å². The molecule has 2 nitrogen and oxygen atoms in total. The first-order valence-electron chi connectivity index (χ1n) is 7.89. The molecule has 2 aromatic carbocycles. The van der Waals surface area contributed by atoms with Crippen LogP contribution in [0.15, 0.2) is 54.6 Å². The van der Waals surface area contributed by atoms with Crippen LogP contribution in [0, 0.1) is 0 Å². The van der Waals surface area contributed by atoms with Crippen LogP contribution in [0.1, 0.15) is 44.7 Å². The second kappa shape index (κ2) is 8.48. The highest BCUT2D eigenvalue weighted by Gasteiger charge is 2.09. The quantitative estimate of drug-likeness (QED) is 0.708. The molecule has 1 N–H and O–H groups in total. The van der Waals surface area contributed by atoms with Gasteiger partial charge in [0.2, 0.25) is 0 Å². The van der Waals surface area contributed by atoms with Crippen LogP contribution in [0.2, 0.25) is 0 Å². The Bertz CT molecular complexity index is 507. The van der Waals surface area contributed by atoms with E-state index in [0.29, 0.717) is 6.04 Å². The molecule has 0 aliphatic heterocycles. The molecule has 0 saturated carbocycles. The highest BCUT2D eigenvalue weighted by Crippen LogP contribution is 2.25. The van der Waals surface area contributed by atoms with E-state index in [1.54, 1.807) is 0 Å². The highest BCUT2D eigenvalue weighted by molar-refractivity contribution is 5.33. The summed E-state index contributed by atoms with van der Waals surface area (Å²) in [5, 5.41) is 3.61. The smallest absolute Gasteiger partial charge is 0.127 e. The Hall–Kier alpha value is -1.80. The van der Waals surface area contributed by atoms with Crippen LogP contribution in [-0.4, -0.2) is 6.54 Å². The fourth-order valence-corrected chi connectivity index (χ4v) is 2.39. The highest BCUT2D eigenvalue weighted by atomic mass is 16.5. The molecule has 0 aliphatic rings. The van der Waals surface area contributed by atoms with Gasteiger partial charge in [-0.3, -0.25) is 0 Å². The van der Waals surface area contributed by atoms with E-state index in [-0.39, 0.29) is 0 Å². The SMILES string of the molecule is CCCN[C@@H](CCC)c1ccc(Oc2ccccc2)cc1. The predicted molar refractivity (Wildman–Crippen MR) is 88.9 cm³/mol. The van der Waals surface area contributed by atoms with Gasteiger partial charge in [0.25, 0.3) is 0 Å². The van der Waals surface area contributed by atoms with Gasteiger partial charge in [-0.2, -0.15) is 0 Å². The van der Waals surface area contributed by atoms with Crippen molar-refractivity contribution in [2.24, 2.45) is 0 Å². The standard InChI is InChI=1S/C19H25NO/c1-3-8-19(20-15-4-2)16-11-13-18(14-12-16)21-17-9-6-5-7-10-17/h5-7,9-14,19-20H,3-4,8,15H2,1-2H3/t19-/m0/s1. The zero-order chi connectivity index (χ0) is 14.9. The minimum atomic E-state index is 0.445. The van der Waals surface area contributed by atoms with Crippen LogP contribution in [0.25, 0.3) is 0 Å². The molecular formula is C19H25NO. The van der Waals surface area contributed by atoms with Crippen LogP contribution in [-0.2, 0) is 0 Å². The summed E-state index contributed by atoms with van der Waals surface area (Å²) >= 11 is 0. The van der Waals surface area contributed by atoms with Crippen LogP contribution in [0.3, 0.4) is 0 Å². The maximum atomic E-state index is 5.83. The van der Waals surface area contributed by atoms with Crippen molar-refractivity contribution < 1.29 is 4.74 Å². The maximum Gasteiger partial charge on any atom is 0.127 e. The molecule has 0 amide bonds. The second-order valence-corrected chi connectivity index (χ2v) is 5.28. The molecule has 1 atom stereocenters. The van der Waals surface area contributed by atoms with Crippen molar-refractivity contribution in [2.75, 3.05) is 6.54 Å². The maximum absolute atomic E-state index is 5.83. The van der Waals surface area contributed by atoms with E-state index < -0.39 is 0 Å². The van der Waals surface area contributed by atoms with Crippen molar-refractivity contribution in [2.45, 2.75) is 39.2 Å². The number of nitrogens with one attached hydrogen (secondary N) is 1. The fraction of sp³-hybridized carbons (Fsp3) is 0.368. The molecule has 0 unspecified atom stereocenters. The van der Waals surface area contributed by atoms with Gasteiger partial charge in [0.05, 0.1) is 0 Å². The first-order chi connectivity index (χ1) is 10.3. The Labute approximate surface area is 128 Å². The van der Waals surface area contributed by atoms with Crippen LogP contribution in [0.4, 0.5) is 0 Å². The molecule has 2 rings (SSSR count). The normalized spacial score (nSPS) is 12.1. The monoisotopic (exact) mass is 283 g/mol. The van der Waals surface area contributed by atoms with Crippen molar-refractivity contribution in [3.8, 4) is 11.5 Å². The van der Waals surface area contributed by atoms with E-state index in [1.807, 2.05) is 30.3 Å². The Balaban J connectivity index is 2.02. The molecule has 112 valence electrons. The lowest BCUT2D eigenvalue weighted by Gasteiger charge is -2.18. The Morgan fingerprint density at radius 1 is 0.857 bits per heavy atom. The summed E-state index contributed by atoms with van der Waals surface area (Å²) in [4.78, 5) is 0. The van der Waals surface area contributed by atoms with Gasteiger partial charge in [0.15, 0.2) is 0 Å². The third-order valence-electron chi connectivity index (χ3n) is 3.48. The van der Waals surface area contributed by atoms with Crippen molar-refractivity contribution in [1.82, 2.24) is 5.32 Å². The largest absolute Gasteiger partial charge is 0.457 e. The van der Waals surface area contributed by atoms with Gasteiger partial charge in [-0.05, 0) is 49.2 Å². The van der Waals surface area contributed by atoms with Gasteiger partial charge in [-0.15, -0.1) is 0 Å². The van der Waals surface area contributed by atoms with Crippen LogP contribution < -0.4 is 10.1 Å². The molecule has 2 aromatic rings. The first kappa shape index (κ1) is 15.6. The van der Waals surface area contributed by atoms with Gasteiger partial charge >= 0.3 is 0 Å². The van der Waals surface area contributed by atoms with Gasteiger partial charge in [-0.1, -0.05) is 50.6 Å². The summed E-state index contributed by atoms with van der Waals surface area (Å²) in [6, 6.07) is 18.8. The summed E-state index contributed by atoms with van der Waals surface area (Å²) in [5.41, 5.74) is 1.34. The number of hydrogen-bond donors (Lipinski definition) is 1. The molecule has 0 heterocycles. The summed E-state index contributed by atoms with van der Waals surface area (Å²) in [5.74, 6) is 1.76.